The van der Waals surface area contributed by atoms with Crippen LogP contribution in [0.5, 0.6) is 0 Å². The van der Waals surface area contributed by atoms with Gasteiger partial charge in [-0.15, -0.1) is 0 Å². The fraction of sp³-hybridized carbons (Fsp3) is 0.423. The fourth-order valence-corrected chi connectivity index (χ4v) is 4.34. The van der Waals surface area contributed by atoms with Gasteiger partial charge in [0.05, 0.1) is 18.2 Å². The third kappa shape index (κ3) is 5.36. The van der Waals surface area contributed by atoms with Crippen molar-refractivity contribution in [2.75, 3.05) is 19.6 Å². The van der Waals surface area contributed by atoms with E-state index in [1.54, 1.807) is 0 Å². The first-order valence-electron chi connectivity index (χ1n) is 11.6. The monoisotopic (exact) mass is 433 g/mol. The van der Waals surface area contributed by atoms with E-state index in [2.05, 4.69) is 46.9 Å². The van der Waals surface area contributed by atoms with Gasteiger partial charge in [0.2, 0.25) is 11.8 Å². The van der Waals surface area contributed by atoms with Crippen LogP contribution in [0.1, 0.15) is 44.6 Å². The first-order valence-corrected chi connectivity index (χ1v) is 11.6. The van der Waals surface area contributed by atoms with Crippen molar-refractivity contribution in [2.45, 2.75) is 45.1 Å². The van der Waals surface area contributed by atoms with Crippen molar-refractivity contribution in [1.82, 2.24) is 10.2 Å². The van der Waals surface area contributed by atoms with Gasteiger partial charge in [0.1, 0.15) is 6.10 Å². The van der Waals surface area contributed by atoms with E-state index in [0.29, 0.717) is 25.9 Å². The molecule has 4 rings (SSSR count). The largest absolute Gasteiger partial charge is 0.390 e. The normalized spacial score (nSPS) is 20.4. The van der Waals surface area contributed by atoms with E-state index in [1.165, 1.54) is 5.56 Å². The zero-order valence-corrected chi connectivity index (χ0v) is 18.6. The summed E-state index contributed by atoms with van der Waals surface area (Å²) in [5.41, 5.74) is 4.28. The number of nitrogens with zero attached hydrogens (tertiary/aromatic N) is 2. The van der Waals surface area contributed by atoms with Crippen LogP contribution in [0.25, 0.3) is 11.1 Å². The van der Waals surface area contributed by atoms with Crippen molar-refractivity contribution < 1.29 is 14.4 Å². The summed E-state index contributed by atoms with van der Waals surface area (Å²) in [5, 5.41) is 7.26. The van der Waals surface area contributed by atoms with Gasteiger partial charge >= 0.3 is 0 Å². The zero-order valence-electron chi connectivity index (χ0n) is 18.6. The van der Waals surface area contributed by atoms with Crippen LogP contribution in [0.2, 0.25) is 0 Å². The van der Waals surface area contributed by atoms with Crippen LogP contribution in [0.4, 0.5) is 0 Å². The molecule has 6 nitrogen and oxygen atoms in total. The SMILES string of the molecule is CCCC(=O)N1CCC[C@@H](C(=O)NC[C@H]2CC(c3ccc(-c4ccccc4)cc3)=NO2)C1. The van der Waals surface area contributed by atoms with Crippen molar-refractivity contribution in [3.63, 3.8) is 0 Å². The minimum atomic E-state index is -0.163. The van der Waals surface area contributed by atoms with Crippen molar-refractivity contribution in [2.24, 2.45) is 11.1 Å². The maximum atomic E-state index is 12.7. The van der Waals surface area contributed by atoms with E-state index < -0.39 is 0 Å². The average molecular weight is 434 g/mol. The average Bonchev–Trinajstić information content (AvgIpc) is 3.32. The molecule has 2 atom stereocenters. The van der Waals surface area contributed by atoms with Gasteiger partial charge in [-0.3, -0.25) is 9.59 Å². The van der Waals surface area contributed by atoms with E-state index >= 15 is 0 Å². The molecule has 2 aromatic carbocycles. The Bertz CT molecular complexity index is 956. The Hall–Kier alpha value is -3.15. The van der Waals surface area contributed by atoms with Gasteiger partial charge in [0.15, 0.2) is 0 Å². The molecule has 0 bridgehead atoms. The van der Waals surface area contributed by atoms with Crippen LogP contribution in [0.15, 0.2) is 59.8 Å². The second-order valence-electron chi connectivity index (χ2n) is 8.59. The van der Waals surface area contributed by atoms with Crippen molar-refractivity contribution in [1.29, 1.82) is 0 Å². The number of likely N-dealkylation sites (tertiary alicyclic amines) is 1. The summed E-state index contributed by atoms with van der Waals surface area (Å²) in [6.07, 6.45) is 3.59. The second-order valence-corrected chi connectivity index (χ2v) is 8.59. The van der Waals surface area contributed by atoms with Gasteiger partial charge in [-0.25, -0.2) is 0 Å². The molecule has 6 heteroatoms. The van der Waals surface area contributed by atoms with E-state index in [1.807, 2.05) is 30.0 Å². The number of nitrogens with one attached hydrogen (secondary N) is 1. The Morgan fingerprint density at radius 1 is 1.06 bits per heavy atom. The maximum absolute atomic E-state index is 12.7. The smallest absolute Gasteiger partial charge is 0.225 e. The molecule has 1 saturated heterocycles. The van der Waals surface area contributed by atoms with Gasteiger partial charge in [-0.2, -0.15) is 0 Å². The van der Waals surface area contributed by atoms with Gasteiger partial charge in [-0.1, -0.05) is 66.7 Å². The first-order chi connectivity index (χ1) is 15.6. The predicted octanol–water partition coefficient (Wildman–Crippen LogP) is 4.00. The van der Waals surface area contributed by atoms with Crippen LogP contribution in [0, 0.1) is 5.92 Å². The summed E-state index contributed by atoms with van der Waals surface area (Å²) < 4.78 is 0. The topological polar surface area (TPSA) is 71.0 Å². The van der Waals surface area contributed by atoms with Crippen LogP contribution in [-0.4, -0.2) is 48.2 Å². The third-order valence-electron chi connectivity index (χ3n) is 6.17. The number of oxime groups is 1. The Labute approximate surface area is 189 Å². The summed E-state index contributed by atoms with van der Waals surface area (Å²) in [7, 11) is 0. The number of rotatable bonds is 7. The lowest BCUT2D eigenvalue weighted by atomic mass is 9.96. The molecule has 0 radical (unpaired) electrons. The number of carbonyl (C=O) groups excluding carboxylic acids is 2. The summed E-state index contributed by atoms with van der Waals surface area (Å²) >= 11 is 0. The predicted molar refractivity (Wildman–Crippen MR) is 125 cm³/mol. The molecule has 32 heavy (non-hydrogen) atoms. The number of hydrogen-bond donors (Lipinski definition) is 1. The highest BCUT2D eigenvalue weighted by atomic mass is 16.6. The van der Waals surface area contributed by atoms with Crippen molar-refractivity contribution in [3.8, 4) is 11.1 Å². The Balaban J connectivity index is 1.25. The zero-order chi connectivity index (χ0) is 22.3. The Morgan fingerprint density at radius 2 is 1.78 bits per heavy atom. The summed E-state index contributed by atoms with van der Waals surface area (Å²) in [5.74, 6) is 0.0144. The van der Waals surface area contributed by atoms with Crippen molar-refractivity contribution in [3.05, 3.63) is 60.2 Å². The number of benzene rings is 2. The summed E-state index contributed by atoms with van der Waals surface area (Å²) in [6.45, 7) is 3.70. The van der Waals surface area contributed by atoms with Crippen LogP contribution in [0.3, 0.4) is 0 Å². The highest BCUT2D eigenvalue weighted by Gasteiger charge is 2.29. The lowest BCUT2D eigenvalue weighted by Gasteiger charge is -2.32. The molecular formula is C26H31N3O3. The summed E-state index contributed by atoms with van der Waals surface area (Å²) in [6, 6.07) is 18.6. The molecule has 1 N–H and O–H groups in total. The molecule has 2 aliphatic rings. The molecule has 2 aromatic rings. The minimum Gasteiger partial charge on any atom is -0.390 e. The van der Waals surface area contributed by atoms with E-state index in [9.17, 15) is 9.59 Å². The molecule has 2 heterocycles. The van der Waals surface area contributed by atoms with Gasteiger partial charge in [0, 0.05) is 25.9 Å². The molecule has 0 saturated carbocycles. The lowest BCUT2D eigenvalue weighted by molar-refractivity contribution is -0.135. The number of piperidine rings is 1. The fourth-order valence-electron chi connectivity index (χ4n) is 4.34. The maximum Gasteiger partial charge on any atom is 0.225 e. The van der Waals surface area contributed by atoms with Crippen LogP contribution < -0.4 is 5.32 Å². The molecule has 2 amide bonds. The third-order valence-corrected chi connectivity index (χ3v) is 6.17. The van der Waals surface area contributed by atoms with Gasteiger partial charge in [0.25, 0.3) is 0 Å². The number of hydrogen-bond acceptors (Lipinski definition) is 4. The van der Waals surface area contributed by atoms with Crippen molar-refractivity contribution >= 4 is 17.5 Å². The molecule has 1 fully saturated rings. The molecule has 0 aromatic heterocycles. The molecular weight excluding hydrogens is 402 g/mol. The minimum absolute atomic E-state index is 0.00302. The van der Waals surface area contributed by atoms with Gasteiger partial charge < -0.3 is 15.1 Å². The number of carbonyl (C=O) groups is 2. The number of amides is 2. The van der Waals surface area contributed by atoms with E-state index in [0.717, 1.165) is 42.6 Å². The Morgan fingerprint density at radius 3 is 2.53 bits per heavy atom. The molecule has 0 spiro atoms. The highest BCUT2D eigenvalue weighted by Crippen LogP contribution is 2.23. The second kappa shape index (κ2) is 10.4. The lowest BCUT2D eigenvalue weighted by Crippen LogP contribution is -2.46. The first kappa shape index (κ1) is 22.1. The van der Waals surface area contributed by atoms with Crippen LogP contribution >= 0.6 is 0 Å². The van der Waals surface area contributed by atoms with Gasteiger partial charge in [-0.05, 0) is 36.0 Å². The quantitative estimate of drug-likeness (QED) is 0.717. The Kier molecular flexibility index (Phi) is 7.20. The van der Waals surface area contributed by atoms with Crippen LogP contribution in [-0.2, 0) is 14.4 Å². The highest BCUT2D eigenvalue weighted by molar-refractivity contribution is 6.01. The standard InChI is InChI=1S/C26H31N3O3/c1-2-7-25(30)29-15-6-10-22(18-29)26(31)27-17-23-16-24(28-32-23)21-13-11-20(12-14-21)19-8-4-3-5-9-19/h3-5,8-9,11-14,22-23H,2,6-7,10,15-18H2,1H3,(H,27,31)/t22-,23-/m1/s1. The molecule has 0 unspecified atom stereocenters. The summed E-state index contributed by atoms with van der Waals surface area (Å²) in [4.78, 5) is 32.2. The molecule has 2 aliphatic heterocycles. The molecule has 0 aliphatic carbocycles. The van der Waals surface area contributed by atoms with E-state index in [-0.39, 0.29) is 23.8 Å². The molecule has 168 valence electrons. The van der Waals surface area contributed by atoms with E-state index in [4.69, 9.17) is 4.84 Å².